The Balaban J connectivity index is 1.83. The Morgan fingerprint density at radius 3 is 2.67 bits per heavy atom. The lowest BCUT2D eigenvalue weighted by Crippen LogP contribution is -2.38. The zero-order valence-electron chi connectivity index (χ0n) is 12.2. The molecule has 1 aromatic carbocycles. The second-order valence-electron chi connectivity index (χ2n) is 6.50. The molecule has 114 valence electrons. The van der Waals surface area contributed by atoms with Gasteiger partial charge >= 0.3 is 0 Å². The van der Waals surface area contributed by atoms with Crippen molar-refractivity contribution < 1.29 is 13.6 Å². The van der Waals surface area contributed by atoms with Crippen molar-refractivity contribution in [3.8, 4) is 0 Å². The lowest BCUT2D eigenvalue weighted by molar-refractivity contribution is -0.129. The highest BCUT2D eigenvalue weighted by Gasteiger charge is 2.38. The third-order valence-electron chi connectivity index (χ3n) is 4.70. The number of amides is 1. The lowest BCUT2D eigenvalue weighted by Gasteiger charge is -2.33. The summed E-state index contributed by atoms with van der Waals surface area (Å²) < 4.78 is 26.5. The SMILES string of the molecule is CC1(CN2C(=O)CNC2c2ccc(F)c(F)c2)CCCC1. The predicted octanol–water partition coefficient (Wildman–Crippen LogP) is 2.98. The Morgan fingerprint density at radius 1 is 1.29 bits per heavy atom. The van der Waals surface area contributed by atoms with Gasteiger partial charge in [0.2, 0.25) is 5.91 Å². The molecule has 0 bridgehead atoms. The molecule has 1 N–H and O–H groups in total. The summed E-state index contributed by atoms with van der Waals surface area (Å²) in [7, 11) is 0. The van der Waals surface area contributed by atoms with Crippen molar-refractivity contribution >= 4 is 5.91 Å². The van der Waals surface area contributed by atoms with Crippen molar-refractivity contribution in [1.29, 1.82) is 0 Å². The van der Waals surface area contributed by atoms with Gasteiger partial charge in [0, 0.05) is 6.54 Å². The molecule has 2 fully saturated rings. The quantitative estimate of drug-likeness (QED) is 0.929. The van der Waals surface area contributed by atoms with Crippen LogP contribution in [0.2, 0.25) is 0 Å². The van der Waals surface area contributed by atoms with Crippen LogP contribution in [0.5, 0.6) is 0 Å². The molecular formula is C16H20F2N2O. The fraction of sp³-hybridized carbons (Fsp3) is 0.562. The van der Waals surface area contributed by atoms with Crippen LogP contribution in [0.3, 0.4) is 0 Å². The van der Waals surface area contributed by atoms with E-state index in [1.807, 2.05) is 0 Å². The second kappa shape index (κ2) is 5.37. The van der Waals surface area contributed by atoms with E-state index in [1.54, 1.807) is 11.0 Å². The van der Waals surface area contributed by atoms with Gasteiger partial charge in [-0.05, 0) is 36.0 Å². The number of carbonyl (C=O) groups excluding carboxylic acids is 1. The van der Waals surface area contributed by atoms with Gasteiger partial charge in [0.05, 0.1) is 6.54 Å². The number of hydrogen-bond acceptors (Lipinski definition) is 2. The van der Waals surface area contributed by atoms with E-state index < -0.39 is 11.6 Å². The van der Waals surface area contributed by atoms with Crippen LogP contribution in [0.4, 0.5) is 8.78 Å². The molecule has 5 heteroatoms. The minimum absolute atomic E-state index is 0.0258. The minimum atomic E-state index is -0.874. The van der Waals surface area contributed by atoms with Crippen LogP contribution in [0, 0.1) is 17.0 Å². The molecule has 0 radical (unpaired) electrons. The molecule has 21 heavy (non-hydrogen) atoms. The zero-order valence-corrected chi connectivity index (χ0v) is 12.2. The van der Waals surface area contributed by atoms with Gasteiger partial charge in [0.1, 0.15) is 6.17 Å². The van der Waals surface area contributed by atoms with E-state index in [2.05, 4.69) is 12.2 Å². The molecule has 1 unspecified atom stereocenters. The normalized spacial score (nSPS) is 24.8. The molecule has 1 saturated heterocycles. The van der Waals surface area contributed by atoms with Crippen LogP contribution in [-0.4, -0.2) is 23.9 Å². The van der Waals surface area contributed by atoms with E-state index in [0.717, 1.165) is 18.9 Å². The third kappa shape index (κ3) is 2.79. The van der Waals surface area contributed by atoms with Crippen molar-refractivity contribution in [2.24, 2.45) is 5.41 Å². The number of benzene rings is 1. The number of halogens is 2. The standard InChI is InChI=1S/C16H20F2N2O/c1-16(6-2-3-7-16)10-20-14(21)9-19-15(20)11-4-5-12(17)13(18)8-11/h4-5,8,15,19H,2-3,6-7,9-10H2,1H3. The maximum absolute atomic E-state index is 13.4. The van der Waals surface area contributed by atoms with Gasteiger partial charge in [-0.15, -0.1) is 0 Å². The van der Waals surface area contributed by atoms with E-state index in [0.29, 0.717) is 12.1 Å². The van der Waals surface area contributed by atoms with Crippen molar-refractivity contribution in [2.45, 2.75) is 38.8 Å². The molecule has 1 aromatic rings. The van der Waals surface area contributed by atoms with Gasteiger partial charge in [0.15, 0.2) is 11.6 Å². The van der Waals surface area contributed by atoms with Crippen LogP contribution in [0.1, 0.15) is 44.3 Å². The molecular weight excluding hydrogens is 274 g/mol. The summed E-state index contributed by atoms with van der Waals surface area (Å²) in [6.45, 7) is 3.12. The highest BCUT2D eigenvalue weighted by molar-refractivity contribution is 5.81. The summed E-state index contributed by atoms with van der Waals surface area (Å²) in [5.41, 5.74) is 0.736. The molecule has 1 atom stereocenters. The lowest BCUT2D eigenvalue weighted by atomic mass is 9.88. The predicted molar refractivity (Wildman–Crippen MR) is 75.4 cm³/mol. The Kier molecular flexibility index (Phi) is 3.69. The summed E-state index contributed by atoms with van der Waals surface area (Å²) in [5, 5.41) is 3.10. The second-order valence-corrected chi connectivity index (χ2v) is 6.50. The summed E-state index contributed by atoms with van der Waals surface area (Å²) in [6, 6.07) is 3.83. The van der Waals surface area contributed by atoms with Gasteiger partial charge in [-0.1, -0.05) is 25.8 Å². The van der Waals surface area contributed by atoms with Gasteiger partial charge < -0.3 is 4.90 Å². The van der Waals surface area contributed by atoms with Crippen LogP contribution in [-0.2, 0) is 4.79 Å². The fourth-order valence-corrected chi connectivity index (χ4v) is 3.50. The van der Waals surface area contributed by atoms with Crippen LogP contribution >= 0.6 is 0 Å². The maximum atomic E-state index is 13.4. The smallest absolute Gasteiger partial charge is 0.238 e. The van der Waals surface area contributed by atoms with Gasteiger partial charge in [-0.3, -0.25) is 10.1 Å². The Bertz CT molecular complexity index is 555. The molecule has 1 aliphatic heterocycles. The molecule has 1 aliphatic carbocycles. The van der Waals surface area contributed by atoms with Gasteiger partial charge in [-0.25, -0.2) is 8.78 Å². The van der Waals surface area contributed by atoms with Gasteiger partial charge in [0.25, 0.3) is 0 Å². The molecule has 3 nitrogen and oxygen atoms in total. The summed E-state index contributed by atoms with van der Waals surface area (Å²) in [4.78, 5) is 13.9. The van der Waals surface area contributed by atoms with E-state index in [4.69, 9.17) is 0 Å². The molecule has 0 spiro atoms. The van der Waals surface area contributed by atoms with Crippen molar-refractivity contribution in [2.75, 3.05) is 13.1 Å². The number of rotatable bonds is 3. The monoisotopic (exact) mass is 294 g/mol. The first-order chi connectivity index (χ1) is 9.98. The molecule has 0 aromatic heterocycles. The minimum Gasteiger partial charge on any atom is -0.321 e. The number of carbonyl (C=O) groups is 1. The molecule has 2 aliphatic rings. The van der Waals surface area contributed by atoms with Crippen LogP contribution < -0.4 is 5.32 Å². The summed E-state index contributed by atoms with van der Waals surface area (Å²) >= 11 is 0. The van der Waals surface area contributed by atoms with E-state index >= 15 is 0 Å². The Labute approximate surface area is 123 Å². The van der Waals surface area contributed by atoms with Crippen molar-refractivity contribution in [1.82, 2.24) is 10.2 Å². The molecule has 1 amide bonds. The first-order valence-electron chi connectivity index (χ1n) is 7.46. The average Bonchev–Trinajstić information content (AvgIpc) is 3.02. The highest BCUT2D eigenvalue weighted by atomic mass is 19.2. The van der Waals surface area contributed by atoms with Crippen molar-refractivity contribution in [3.05, 3.63) is 35.4 Å². The summed E-state index contributed by atoms with van der Waals surface area (Å²) in [5.74, 6) is -1.71. The molecule has 1 saturated carbocycles. The summed E-state index contributed by atoms with van der Waals surface area (Å²) in [6.07, 6.45) is 4.26. The number of nitrogens with zero attached hydrogens (tertiary/aromatic N) is 1. The van der Waals surface area contributed by atoms with Crippen LogP contribution in [0.15, 0.2) is 18.2 Å². The average molecular weight is 294 g/mol. The number of nitrogens with one attached hydrogen (secondary N) is 1. The van der Waals surface area contributed by atoms with E-state index in [9.17, 15) is 13.6 Å². The van der Waals surface area contributed by atoms with Crippen LogP contribution in [0.25, 0.3) is 0 Å². The third-order valence-corrected chi connectivity index (χ3v) is 4.70. The Morgan fingerprint density at radius 2 is 2.00 bits per heavy atom. The maximum Gasteiger partial charge on any atom is 0.238 e. The Hall–Kier alpha value is -1.49. The van der Waals surface area contributed by atoms with Gasteiger partial charge in [-0.2, -0.15) is 0 Å². The largest absolute Gasteiger partial charge is 0.321 e. The fourth-order valence-electron chi connectivity index (χ4n) is 3.50. The first-order valence-corrected chi connectivity index (χ1v) is 7.46. The molecule has 3 rings (SSSR count). The highest BCUT2D eigenvalue weighted by Crippen LogP contribution is 2.40. The number of hydrogen-bond donors (Lipinski definition) is 1. The zero-order chi connectivity index (χ0) is 15.0. The van der Waals surface area contributed by atoms with Crippen molar-refractivity contribution in [3.63, 3.8) is 0 Å². The topological polar surface area (TPSA) is 32.3 Å². The van der Waals surface area contributed by atoms with E-state index in [-0.39, 0.29) is 24.0 Å². The van der Waals surface area contributed by atoms with E-state index in [1.165, 1.54) is 18.9 Å². The molecule has 1 heterocycles. The first kappa shape index (κ1) is 14.4.